The molecule has 122 valence electrons. The lowest BCUT2D eigenvalue weighted by atomic mass is 9.99. The molecule has 2 aromatic rings. The number of carbonyl (C=O) groups excluding carboxylic acids is 1. The Morgan fingerprint density at radius 2 is 1.96 bits per heavy atom. The minimum atomic E-state index is -1.06. The van der Waals surface area contributed by atoms with Crippen molar-refractivity contribution in [2.75, 3.05) is 0 Å². The van der Waals surface area contributed by atoms with Gasteiger partial charge in [0.25, 0.3) is 5.56 Å². The summed E-state index contributed by atoms with van der Waals surface area (Å²) >= 11 is 0. The topological polar surface area (TPSA) is 112 Å². The number of fused-ring (bicyclic) bond motifs is 1. The van der Waals surface area contributed by atoms with E-state index in [1.54, 1.807) is 31.2 Å². The molecule has 0 saturated heterocycles. The predicted molar refractivity (Wildman–Crippen MR) is 85.1 cm³/mol. The molecule has 0 aliphatic carbocycles. The summed E-state index contributed by atoms with van der Waals surface area (Å²) in [5.41, 5.74) is 0.0822. The fraction of sp³-hybridized carbons (Fsp3) is 0.375. The van der Waals surface area contributed by atoms with Gasteiger partial charge in [-0.05, 0) is 12.0 Å². The number of aliphatic carboxylic acids is 1. The zero-order chi connectivity index (χ0) is 17.0. The number of H-pyrrole nitrogens is 1. The Balaban J connectivity index is 2.22. The summed E-state index contributed by atoms with van der Waals surface area (Å²) in [7, 11) is 0. The summed E-state index contributed by atoms with van der Waals surface area (Å²) in [6.07, 6.45) is 0.536. The van der Waals surface area contributed by atoms with Crippen molar-refractivity contribution in [2.45, 2.75) is 32.7 Å². The SMILES string of the molecule is CC[C@H](C)[C@H](NC(=O)Cc1n[nH]c(=O)c2ccccc12)C(=O)O. The van der Waals surface area contributed by atoms with Crippen LogP contribution in [0.5, 0.6) is 0 Å². The van der Waals surface area contributed by atoms with E-state index in [0.717, 1.165) is 0 Å². The van der Waals surface area contributed by atoms with Crippen molar-refractivity contribution in [3.05, 3.63) is 40.3 Å². The van der Waals surface area contributed by atoms with Crippen LogP contribution in [0, 0.1) is 5.92 Å². The van der Waals surface area contributed by atoms with Crippen LogP contribution < -0.4 is 10.9 Å². The van der Waals surface area contributed by atoms with Gasteiger partial charge in [-0.25, -0.2) is 9.89 Å². The normalized spacial score (nSPS) is 13.5. The third-order valence-corrected chi connectivity index (χ3v) is 3.90. The molecule has 23 heavy (non-hydrogen) atoms. The van der Waals surface area contributed by atoms with Crippen LogP contribution in [0.3, 0.4) is 0 Å². The quantitative estimate of drug-likeness (QED) is 0.738. The Morgan fingerprint density at radius 3 is 2.57 bits per heavy atom. The molecule has 7 nitrogen and oxygen atoms in total. The lowest BCUT2D eigenvalue weighted by molar-refractivity contribution is -0.143. The molecule has 1 amide bonds. The maximum absolute atomic E-state index is 12.2. The van der Waals surface area contributed by atoms with Gasteiger partial charge in [0.15, 0.2) is 0 Å². The molecule has 0 fully saturated rings. The highest BCUT2D eigenvalue weighted by Gasteiger charge is 2.25. The second-order valence-electron chi connectivity index (χ2n) is 5.49. The van der Waals surface area contributed by atoms with E-state index in [1.165, 1.54) is 0 Å². The minimum absolute atomic E-state index is 0.0997. The number of hydrogen-bond donors (Lipinski definition) is 3. The van der Waals surface area contributed by atoms with Gasteiger partial charge in [-0.1, -0.05) is 38.5 Å². The summed E-state index contributed by atoms with van der Waals surface area (Å²) in [4.78, 5) is 35.2. The standard InChI is InChI=1S/C16H19N3O4/c1-3-9(2)14(16(22)23)17-13(20)8-12-10-6-4-5-7-11(10)15(21)19-18-12/h4-7,9,14H,3,8H2,1-2H3,(H,17,20)(H,19,21)(H,22,23)/t9-,14-/m0/s1. The first-order valence-electron chi connectivity index (χ1n) is 7.42. The predicted octanol–water partition coefficient (Wildman–Crippen LogP) is 1.08. The molecule has 0 aliphatic heterocycles. The van der Waals surface area contributed by atoms with Gasteiger partial charge in [0, 0.05) is 5.39 Å². The molecule has 1 aromatic carbocycles. The highest BCUT2D eigenvalue weighted by molar-refractivity contribution is 5.90. The fourth-order valence-corrected chi connectivity index (χ4v) is 2.37. The van der Waals surface area contributed by atoms with E-state index < -0.39 is 17.9 Å². The number of benzene rings is 1. The van der Waals surface area contributed by atoms with Gasteiger partial charge in [0.1, 0.15) is 6.04 Å². The molecule has 0 radical (unpaired) electrons. The molecular weight excluding hydrogens is 298 g/mol. The first kappa shape index (κ1) is 16.7. The van der Waals surface area contributed by atoms with Crippen LogP contribution in [0.1, 0.15) is 26.0 Å². The van der Waals surface area contributed by atoms with E-state index in [4.69, 9.17) is 0 Å². The van der Waals surface area contributed by atoms with Gasteiger partial charge in [0.2, 0.25) is 5.91 Å². The second-order valence-corrected chi connectivity index (χ2v) is 5.49. The number of carboxylic acids is 1. The van der Waals surface area contributed by atoms with Gasteiger partial charge in [-0.15, -0.1) is 0 Å². The van der Waals surface area contributed by atoms with Crippen LogP contribution in [-0.4, -0.2) is 33.2 Å². The highest BCUT2D eigenvalue weighted by atomic mass is 16.4. The maximum atomic E-state index is 12.2. The Kier molecular flexibility index (Phi) is 5.10. The van der Waals surface area contributed by atoms with Crippen molar-refractivity contribution in [3.63, 3.8) is 0 Å². The molecular formula is C16H19N3O4. The third kappa shape index (κ3) is 3.74. The molecule has 0 unspecified atom stereocenters. The van der Waals surface area contributed by atoms with Crippen molar-refractivity contribution in [3.8, 4) is 0 Å². The summed E-state index contributed by atoms with van der Waals surface area (Å²) in [5, 5.41) is 19.1. The zero-order valence-electron chi connectivity index (χ0n) is 13.0. The van der Waals surface area contributed by atoms with Crippen LogP contribution >= 0.6 is 0 Å². The number of carboxylic acid groups (broad SMARTS) is 1. The van der Waals surface area contributed by atoms with Crippen LogP contribution in [0.2, 0.25) is 0 Å². The summed E-state index contributed by atoms with van der Waals surface area (Å²) in [5.74, 6) is -1.69. The fourth-order valence-electron chi connectivity index (χ4n) is 2.37. The first-order chi connectivity index (χ1) is 10.9. The van der Waals surface area contributed by atoms with Crippen molar-refractivity contribution < 1.29 is 14.7 Å². The Labute approximate surface area is 132 Å². The molecule has 0 bridgehead atoms. The molecule has 0 saturated carbocycles. The third-order valence-electron chi connectivity index (χ3n) is 3.90. The largest absolute Gasteiger partial charge is 0.480 e. The Morgan fingerprint density at radius 1 is 1.30 bits per heavy atom. The van der Waals surface area contributed by atoms with Gasteiger partial charge >= 0.3 is 5.97 Å². The minimum Gasteiger partial charge on any atom is -0.480 e. The number of carbonyl (C=O) groups is 2. The van der Waals surface area contributed by atoms with E-state index in [2.05, 4.69) is 15.5 Å². The molecule has 3 N–H and O–H groups in total. The van der Waals surface area contributed by atoms with Crippen molar-refractivity contribution in [1.82, 2.24) is 15.5 Å². The summed E-state index contributed by atoms with van der Waals surface area (Å²) < 4.78 is 0. The molecule has 2 atom stereocenters. The second kappa shape index (κ2) is 7.04. The molecule has 7 heteroatoms. The lowest BCUT2D eigenvalue weighted by Crippen LogP contribution is -2.45. The molecule has 1 aromatic heterocycles. The number of aromatic amines is 1. The van der Waals surface area contributed by atoms with Crippen LogP contribution in [-0.2, 0) is 16.0 Å². The Hall–Kier alpha value is -2.70. The number of nitrogens with one attached hydrogen (secondary N) is 2. The van der Waals surface area contributed by atoms with E-state index in [1.807, 2.05) is 6.92 Å². The van der Waals surface area contributed by atoms with Crippen molar-refractivity contribution in [2.24, 2.45) is 5.92 Å². The van der Waals surface area contributed by atoms with E-state index >= 15 is 0 Å². The average Bonchev–Trinajstić information content (AvgIpc) is 2.54. The number of nitrogens with zero attached hydrogens (tertiary/aromatic N) is 1. The van der Waals surface area contributed by atoms with Gasteiger partial charge in [-0.3, -0.25) is 9.59 Å². The summed E-state index contributed by atoms with van der Waals surface area (Å²) in [6, 6.07) is 5.90. The number of rotatable bonds is 6. The Bertz CT molecular complexity index is 784. The van der Waals surface area contributed by atoms with Crippen LogP contribution in [0.4, 0.5) is 0 Å². The van der Waals surface area contributed by atoms with Crippen LogP contribution in [0.25, 0.3) is 10.8 Å². The average molecular weight is 317 g/mol. The maximum Gasteiger partial charge on any atom is 0.326 e. The molecule has 0 aliphatic rings. The zero-order valence-corrected chi connectivity index (χ0v) is 13.0. The molecule has 0 spiro atoms. The van der Waals surface area contributed by atoms with Gasteiger partial charge in [0.05, 0.1) is 17.5 Å². The van der Waals surface area contributed by atoms with E-state index in [0.29, 0.717) is 22.9 Å². The number of aromatic nitrogens is 2. The monoisotopic (exact) mass is 317 g/mol. The molecule has 1 heterocycles. The van der Waals surface area contributed by atoms with E-state index in [-0.39, 0.29) is 17.9 Å². The van der Waals surface area contributed by atoms with Gasteiger partial charge in [-0.2, -0.15) is 5.10 Å². The lowest BCUT2D eigenvalue weighted by Gasteiger charge is -2.20. The van der Waals surface area contributed by atoms with E-state index in [9.17, 15) is 19.5 Å². The van der Waals surface area contributed by atoms with Crippen LogP contribution in [0.15, 0.2) is 29.1 Å². The van der Waals surface area contributed by atoms with Crippen molar-refractivity contribution in [1.29, 1.82) is 0 Å². The number of amides is 1. The highest BCUT2D eigenvalue weighted by Crippen LogP contribution is 2.13. The van der Waals surface area contributed by atoms with Gasteiger partial charge < -0.3 is 10.4 Å². The molecule has 2 rings (SSSR count). The van der Waals surface area contributed by atoms with Crippen molar-refractivity contribution >= 4 is 22.6 Å². The number of hydrogen-bond acceptors (Lipinski definition) is 4. The smallest absolute Gasteiger partial charge is 0.326 e. The first-order valence-corrected chi connectivity index (χ1v) is 7.42. The summed E-state index contributed by atoms with van der Waals surface area (Å²) in [6.45, 7) is 3.64.